The lowest BCUT2D eigenvalue weighted by molar-refractivity contribution is 0.405. The molecule has 2 rings (SSSR count). The van der Waals surface area contributed by atoms with Crippen molar-refractivity contribution in [2.24, 2.45) is 5.41 Å². The molecule has 0 unspecified atom stereocenters. The number of thioether (sulfide) groups is 1. The minimum absolute atomic E-state index is 0.0878. The van der Waals surface area contributed by atoms with Gasteiger partial charge in [0.25, 0.3) is 0 Å². The molecule has 1 aliphatic rings. The molecule has 0 aromatic heterocycles. The highest BCUT2D eigenvalue weighted by Gasteiger charge is 2.32. The Morgan fingerprint density at radius 3 is 2.56 bits per heavy atom. The molecule has 1 aromatic carbocycles. The van der Waals surface area contributed by atoms with Crippen molar-refractivity contribution in [1.82, 2.24) is 0 Å². The summed E-state index contributed by atoms with van der Waals surface area (Å²) < 4.78 is 13.5. The van der Waals surface area contributed by atoms with E-state index in [4.69, 9.17) is 0 Å². The fraction of sp³-hybridized carbons (Fsp3) is 0.538. The Hall–Kier alpha value is -0.0200. The summed E-state index contributed by atoms with van der Waals surface area (Å²) in [4.78, 5) is 0.787. The van der Waals surface area contributed by atoms with E-state index < -0.39 is 0 Å². The number of hydrogen-bond acceptors (Lipinski definition) is 1. The largest absolute Gasteiger partial charge is 0.206 e. The fourth-order valence-corrected chi connectivity index (χ4v) is 4.49. The van der Waals surface area contributed by atoms with E-state index in [0.29, 0.717) is 5.41 Å². The highest BCUT2D eigenvalue weighted by atomic mass is 79.9. The minimum Gasteiger partial charge on any atom is -0.206 e. The van der Waals surface area contributed by atoms with Crippen LogP contribution in [0.3, 0.4) is 0 Å². The Kier molecular flexibility index (Phi) is 4.31. The summed E-state index contributed by atoms with van der Waals surface area (Å²) in [5.41, 5.74) is 0.396. The Morgan fingerprint density at radius 2 is 1.94 bits per heavy atom. The fourth-order valence-electron chi connectivity index (χ4n) is 2.23. The maximum absolute atomic E-state index is 13.5. The number of halogens is 2. The van der Waals surface area contributed by atoms with Crippen LogP contribution in [0.25, 0.3) is 0 Å². The molecular formula is C13H16BrFS. The zero-order valence-electron chi connectivity index (χ0n) is 9.22. The van der Waals surface area contributed by atoms with Gasteiger partial charge in [0, 0.05) is 16.0 Å². The van der Waals surface area contributed by atoms with Gasteiger partial charge >= 0.3 is 0 Å². The molecule has 0 aliphatic heterocycles. The first-order valence-electron chi connectivity index (χ1n) is 5.69. The zero-order chi connectivity index (χ0) is 11.4. The predicted molar refractivity (Wildman–Crippen MR) is 71.8 cm³/mol. The smallest absolute Gasteiger partial charge is 0.136 e. The van der Waals surface area contributed by atoms with Gasteiger partial charge in [0.15, 0.2) is 0 Å². The van der Waals surface area contributed by atoms with Crippen LogP contribution in [0.15, 0.2) is 29.2 Å². The molecule has 0 saturated heterocycles. The molecule has 0 heterocycles. The van der Waals surface area contributed by atoms with E-state index in [1.54, 1.807) is 17.8 Å². The van der Waals surface area contributed by atoms with E-state index in [-0.39, 0.29) is 5.82 Å². The van der Waals surface area contributed by atoms with Crippen LogP contribution in [0.5, 0.6) is 0 Å². The Morgan fingerprint density at radius 1 is 1.25 bits per heavy atom. The zero-order valence-corrected chi connectivity index (χ0v) is 11.6. The molecule has 0 spiro atoms. The maximum Gasteiger partial charge on any atom is 0.136 e. The molecule has 0 radical (unpaired) electrons. The number of alkyl halides is 1. The summed E-state index contributed by atoms with van der Waals surface area (Å²) in [7, 11) is 0. The third-order valence-corrected chi connectivity index (χ3v) is 5.91. The minimum atomic E-state index is -0.0878. The van der Waals surface area contributed by atoms with Crippen molar-refractivity contribution in [1.29, 1.82) is 0 Å². The molecule has 3 heteroatoms. The summed E-state index contributed by atoms with van der Waals surface area (Å²) in [5.74, 6) is 0.939. The third kappa shape index (κ3) is 2.80. The molecule has 1 aromatic rings. The van der Waals surface area contributed by atoms with E-state index in [9.17, 15) is 4.39 Å². The van der Waals surface area contributed by atoms with Gasteiger partial charge < -0.3 is 0 Å². The molecule has 1 aliphatic carbocycles. The summed E-state index contributed by atoms with van der Waals surface area (Å²) >= 11 is 5.28. The van der Waals surface area contributed by atoms with Crippen molar-refractivity contribution in [3.05, 3.63) is 30.1 Å². The van der Waals surface area contributed by atoms with E-state index in [1.165, 1.54) is 31.7 Å². The van der Waals surface area contributed by atoms with Crippen LogP contribution in [0.2, 0.25) is 0 Å². The highest BCUT2D eigenvalue weighted by molar-refractivity contribution is 9.09. The van der Waals surface area contributed by atoms with Gasteiger partial charge in [-0.15, -0.1) is 11.8 Å². The SMILES string of the molecule is Fc1ccccc1SCC1(CBr)CCCC1. The van der Waals surface area contributed by atoms with E-state index in [2.05, 4.69) is 15.9 Å². The van der Waals surface area contributed by atoms with Crippen molar-refractivity contribution >= 4 is 27.7 Å². The van der Waals surface area contributed by atoms with E-state index in [1.807, 2.05) is 12.1 Å². The van der Waals surface area contributed by atoms with Gasteiger partial charge in [0.05, 0.1) is 0 Å². The Bertz CT molecular complexity index is 348. The average molecular weight is 303 g/mol. The quantitative estimate of drug-likeness (QED) is 0.564. The second-order valence-electron chi connectivity index (χ2n) is 4.56. The Labute approximate surface area is 109 Å². The van der Waals surface area contributed by atoms with Gasteiger partial charge in [0.1, 0.15) is 5.82 Å². The first kappa shape index (κ1) is 12.4. The normalized spacial score (nSPS) is 18.9. The van der Waals surface area contributed by atoms with Crippen LogP contribution < -0.4 is 0 Å². The van der Waals surface area contributed by atoms with Crippen LogP contribution in [-0.2, 0) is 0 Å². The third-order valence-electron chi connectivity index (χ3n) is 3.32. The van der Waals surface area contributed by atoms with Crippen molar-refractivity contribution < 1.29 is 4.39 Å². The van der Waals surface area contributed by atoms with Crippen LogP contribution in [-0.4, -0.2) is 11.1 Å². The standard InChI is InChI=1S/C13H16BrFS/c14-9-13(7-3-4-8-13)10-16-12-6-2-1-5-11(12)15/h1-2,5-6H,3-4,7-10H2. The second-order valence-corrected chi connectivity index (χ2v) is 6.14. The van der Waals surface area contributed by atoms with Crippen molar-refractivity contribution in [2.75, 3.05) is 11.1 Å². The molecule has 1 fully saturated rings. The van der Waals surface area contributed by atoms with Gasteiger partial charge in [-0.2, -0.15) is 0 Å². The number of hydrogen-bond donors (Lipinski definition) is 0. The summed E-state index contributed by atoms with van der Waals surface area (Å²) in [6, 6.07) is 7.06. The molecule has 0 nitrogen and oxygen atoms in total. The molecule has 0 bridgehead atoms. The second kappa shape index (κ2) is 5.54. The molecule has 0 amide bonds. The average Bonchev–Trinajstić information content (AvgIpc) is 2.78. The topological polar surface area (TPSA) is 0 Å². The van der Waals surface area contributed by atoms with Gasteiger partial charge in [-0.3, -0.25) is 0 Å². The summed E-state index contributed by atoms with van der Waals surface area (Å²) in [5, 5.41) is 1.04. The van der Waals surface area contributed by atoms with Gasteiger partial charge in [-0.1, -0.05) is 40.9 Å². The van der Waals surface area contributed by atoms with E-state index >= 15 is 0 Å². The molecule has 0 N–H and O–H groups in total. The molecule has 0 atom stereocenters. The van der Waals surface area contributed by atoms with Gasteiger partial charge in [-0.05, 0) is 30.4 Å². The predicted octanol–water partition coefficient (Wildman–Crippen LogP) is 4.87. The van der Waals surface area contributed by atoms with Crippen LogP contribution in [0.4, 0.5) is 4.39 Å². The lowest BCUT2D eigenvalue weighted by Gasteiger charge is -2.25. The number of rotatable bonds is 4. The molecule has 1 saturated carbocycles. The lowest BCUT2D eigenvalue weighted by atomic mass is 9.92. The molecular weight excluding hydrogens is 287 g/mol. The van der Waals surface area contributed by atoms with E-state index in [0.717, 1.165) is 16.0 Å². The van der Waals surface area contributed by atoms with Crippen molar-refractivity contribution in [3.8, 4) is 0 Å². The monoisotopic (exact) mass is 302 g/mol. The lowest BCUT2D eigenvalue weighted by Crippen LogP contribution is -2.21. The van der Waals surface area contributed by atoms with Crippen LogP contribution in [0.1, 0.15) is 25.7 Å². The Balaban J connectivity index is 1.98. The van der Waals surface area contributed by atoms with Crippen molar-refractivity contribution in [2.45, 2.75) is 30.6 Å². The van der Waals surface area contributed by atoms with Gasteiger partial charge in [-0.25, -0.2) is 4.39 Å². The first-order valence-corrected chi connectivity index (χ1v) is 7.80. The maximum atomic E-state index is 13.5. The first-order chi connectivity index (χ1) is 7.76. The highest BCUT2D eigenvalue weighted by Crippen LogP contribution is 2.43. The van der Waals surface area contributed by atoms with Crippen LogP contribution >= 0.6 is 27.7 Å². The number of benzene rings is 1. The summed E-state index contributed by atoms with van der Waals surface area (Å²) in [6.07, 6.45) is 5.20. The molecule has 88 valence electrons. The van der Waals surface area contributed by atoms with Crippen LogP contribution in [0, 0.1) is 11.2 Å². The molecule has 16 heavy (non-hydrogen) atoms. The van der Waals surface area contributed by atoms with Gasteiger partial charge in [0.2, 0.25) is 0 Å². The van der Waals surface area contributed by atoms with Crippen molar-refractivity contribution in [3.63, 3.8) is 0 Å². The summed E-state index contributed by atoms with van der Waals surface area (Å²) in [6.45, 7) is 0.